The Morgan fingerprint density at radius 3 is 0.973 bits per heavy atom. The summed E-state index contributed by atoms with van der Waals surface area (Å²) in [5.74, 6) is -51.1. The first-order chi connectivity index (χ1) is 50.3. The molecule has 20 unspecified atom stereocenters. The van der Waals surface area contributed by atoms with Gasteiger partial charge in [0.15, 0.2) is 6.17 Å². The number of halogens is 40. The van der Waals surface area contributed by atoms with Crippen molar-refractivity contribution < 1.29 is 177 Å². The maximum absolute atomic E-state index is 13.2. The topological polar surface area (TPSA) is 0 Å². The van der Waals surface area contributed by atoms with Gasteiger partial charge in [0.2, 0.25) is 5.67 Å². The van der Waals surface area contributed by atoms with Gasteiger partial charge in [0.1, 0.15) is 18.5 Å². The third kappa shape index (κ3) is 23.7. The van der Waals surface area contributed by atoms with Gasteiger partial charge in [-0.05, 0) is 161 Å². The van der Waals surface area contributed by atoms with Gasteiger partial charge in [0.05, 0.1) is 58.2 Å². The highest BCUT2D eigenvalue weighted by atomic mass is 19.4. The largest absolute Gasteiger partial charge is 0.394 e. The molecule has 0 aromatic heterocycles. The normalized spacial score (nSPS) is 41.7. The highest BCUT2D eigenvalue weighted by molar-refractivity contribution is 5.20. The Bertz CT molecular complexity index is 2800. The summed E-state index contributed by atoms with van der Waals surface area (Å²) in [5.41, 5.74) is -7.73. The maximum Gasteiger partial charge on any atom is 0.394 e. The van der Waals surface area contributed by atoms with Crippen molar-refractivity contribution in [2.24, 2.45) is 141 Å². The lowest BCUT2D eigenvalue weighted by atomic mass is 9.53. The summed E-state index contributed by atoms with van der Waals surface area (Å²) < 4.78 is 516. The van der Waals surface area contributed by atoms with E-state index < -0.39 is 223 Å². The molecule has 10 fully saturated rings. The molecule has 676 valence electrons. The minimum atomic E-state index is -6.19. The highest BCUT2D eigenvalue weighted by Gasteiger charge is 2.91. The molecule has 0 nitrogen and oxygen atoms in total. The monoisotopic (exact) mass is 1740 g/mol. The maximum atomic E-state index is 13.2. The summed E-state index contributed by atoms with van der Waals surface area (Å²) in [6.07, 6.45) is -42.7. The van der Waals surface area contributed by atoms with E-state index in [9.17, 15) is 176 Å². The molecule has 40 heteroatoms. The fourth-order valence-electron chi connectivity index (χ4n) is 19.1. The molecule has 10 saturated carbocycles. The molecule has 2 bridgehead atoms. The first kappa shape index (κ1) is 104. The smallest absolute Gasteiger partial charge is 0.247 e. The summed E-state index contributed by atoms with van der Waals surface area (Å²) in [5, 5.41) is 0. The molecule has 10 aliphatic carbocycles. The van der Waals surface area contributed by atoms with Crippen LogP contribution in [-0.4, -0.2) is 110 Å². The minimum Gasteiger partial charge on any atom is -0.247 e. The number of rotatable bonds is 1. The average Bonchev–Trinajstić information content (AvgIpc) is 1.52. The van der Waals surface area contributed by atoms with Crippen molar-refractivity contribution in [3.8, 4) is 0 Å². The number of alkyl halides is 40. The third-order valence-corrected chi connectivity index (χ3v) is 25.8. The molecule has 0 radical (unpaired) electrons. The Morgan fingerprint density at radius 1 is 0.327 bits per heavy atom. The van der Waals surface area contributed by atoms with Crippen LogP contribution in [0.3, 0.4) is 0 Å². The Labute approximate surface area is 633 Å². The first-order valence-electron chi connectivity index (χ1n) is 37.6. The molecule has 0 heterocycles. The third-order valence-electron chi connectivity index (χ3n) is 25.8. The van der Waals surface area contributed by atoms with E-state index in [0.29, 0.717) is 44.9 Å². The molecule has 0 aromatic rings. The summed E-state index contributed by atoms with van der Waals surface area (Å²) in [4.78, 5) is 0. The van der Waals surface area contributed by atoms with Gasteiger partial charge >= 0.3 is 73.4 Å². The molecule has 0 aromatic carbocycles. The summed E-state index contributed by atoms with van der Waals surface area (Å²) >= 11 is 0. The second kappa shape index (κ2) is 36.9. The zero-order valence-electron chi connectivity index (χ0n) is 65.7. The molecule has 10 aliphatic rings. The van der Waals surface area contributed by atoms with E-state index in [2.05, 4.69) is 0 Å². The van der Waals surface area contributed by atoms with E-state index >= 15 is 0 Å². The SMILES string of the molecule is CC1C(C(F)(F)F)C(C(F)(F)F)C(C)[C@@H](C)C1C(F)(F)F.CC1C(F)C(F)C(F)[C@@H](C)C1F.CC1CC(C(F)(F)F)C[C@@H](C)C1.CC1C[C@H](C)CC(C(F)(F)F)C1C(F)(F)F.CC1[C@H]2CC[C@@H]1C2(C)C(F)(F)F.CCC1(C(F)(F)F)CCCC1.C[C@H]1C(F)(F)C(C)(F)C(F)(F)C(F)(F)C1(F)F.[2H][C@]1(C)CC(C)CC(C(F)(F)F)C1. The van der Waals surface area contributed by atoms with Crippen molar-refractivity contribution in [2.75, 3.05) is 0 Å². The van der Waals surface area contributed by atoms with E-state index in [-0.39, 0.29) is 68.1 Å². The van der Waals surface area contributed by atoms with Crippen LogP contribution in [0.1, 0.15) is 208 Å². The van der Waals surface area contributed by atoms with Gasteiger partial charge in [0, 0.05) is 13.2 Å². The van der Waals surface area contributed by atoms with E-state index in [1.54, 1.807) is 27.7 Å². The van der Waals surface area contributed by atoms with Crippen LogP contribution >= 0.6 is 0 Å². The zero-order valence-corrected chi connectivity index (χ0v) is 64.7. The van der Waals surface area contributed by atoms with Crippen molar-refractivity contribution in [1.29, 1.82) is 0 Å². The van der Waals surface area contributed by atoms with Gasteiger partial charge in [-0.25, -0.2) is 30.7 Å². The van der Waals surface area contributed by atoms with E-state index in [0.717, 1.165) is 46.0 Å². The van der Waals surface area contributed by atoms with Gasteiger partial charge < -0.3 is 0 Å². The van der Waals surface area contributed by atoms with Gasteiger partial charge in [-0.15, -0.1) is 0 Å². The second-order valence-corrected chi connectivity index (χ2v) is 34.0. The fourth-order valence-corrected chi connectivity index (χ4v) is 19.1. The van der Waals surface area contributed by atoms with E-state index in [4.69, 9.17) is 1.37 Å². The minimum absolute atomic E-state index is 0.0166. The van der Waals surface area contributed by atoms with Gasteiger partial charge in [-0.2, -0.15) is 145 Å². The lowest BCUT2D eigenvalue weighted by molar-refractivity contribution is -0.431. The molecule has 28 atom stereocenters. The van der Waals surface area contributed by atoms with Gasteiger partial charge in [0.25, 0.3) is 5.92 Å². The van der Waals surface area contributed by atoms with Crippen molar-refractivity contribution in [3.63, 3.8) is 0 Å². The Balaban J connectivity index is 0.000000446. The lowest BCUT2D eigenvalue weighted by Crippen LogP contribution is -2.77. The summed E-state index contributed by atoms with van der Waals surface area (Å²) in [7, 11) is 0. The number of hydrogen-bond donors (Lipinski definition) is 0. The van der Waals surface area contributed by atoms with Crippen LogP contribution in [0.15, 0.2) is 0 Å². The van der Waals surface area contributed by atoms with Gasteiger partial charge in [-0.3, -0.25) is 0 Å². The van der Waals surface area contributed by atoms with Crippen LogP contribution in [0.4, 0.5) is 176 Å². The summed E-state index contributed by atoms with van der Waals surface area (Å²) in [6, 6.07) is 0. The first-order valence-corrected chi connectivity index (χ1v) is 37.1. The Kier molecular flexibility index (Phi) is 34.1. The molecule has 0 spiro atoms. The van der Waals surface area contributed by atoms with Crippen molar-refractivity contribution in [2.45, 2.75) is 317 Å². The van der Waals surface area contributed by atoms with Crippen LogP contribution in [0, 0.1) is 141 Å². The lowest BCUT2D eigenvalue weighted by Gasteiger charge is -2.53. The van der Waals surface area contributed by atoms with Crippen LogP contribution in [0.2, 0.25) is 0 Å². The number of fused-ring (bicyclic) bond motifs is 1. The molecule has 0 aliphatic heterocycles. The molecule has 0 amide bonds. The Morgan fingerprint density at radius 2 is 0.673 bits per heavy atom. The van der Waals surface area contributed by atoms with E-state index in [1.807, 2.05) is 20.8 Å². The molecular formula is C73H104F40. The summed E-state index contributed by atoms with van der Waals surface area (Å²) in [6.45, 7) is 19.3. The van der Waals surface area contributed by atoms with Crippen molar-refractivity contribution in [3.05, 3.63) is 0 Å². The molecule has 113 heavy (non-hydrogen) atoms. The average molecular weight is 1740 g/mol. The quantitative estimate of drug-likeness (QED) is 0.230. The molecule has 0 N–H and O–H groups in total. The van der Waals surface area contributed by atoms with Gasteiger partial charge in [-0.1, -0.05) is 117 Å². The van der Waals surface area contributed by atoms with E-state index in [1.165, 1.54) is 27.7 Å². The molecule has 0 saturated heterocycles. The van der Waals surface area contributed by atoms with Crippen LogP contribution in [0.25, 0.3) is 0 Å². The van der Waals surface area contributed by atoms with Crippen molar-refractivity contribution in [1.82, 2.24) is 0 Å². The standard InChI is InChI=1S/C12H15F9.C10H14F6.C9H13F3.2C9H15F3.C8H7F9.C8H12F4.C8H13F3/c1-4-5(2)8(11(16,17)18)9(12(19,20)21)6(3)7(4)10(13,14)15;1-5-3-6(2)8(10(14,15)16)7(4-5)9(11,12)13;1-5-6-3-4-7(5)8(6,2)9(10,11)12;2*1-6-3-7(2)5-8(4-6)9(10,11)12;1-3-5(10,11)4(2,9)7(14,15)8(16,17)6(3,12)13;1-3-5(9)4(2)7(11)8(12)6(3)10;1-2-7(8(9,10)11)5-3-4-6-7/h4-9H,1-3H3;5-8H,3-4H2,1-2H3;5-7H,3-4H2,1-2H3;2*6-8H,3-5H2,1-2H3;3H,1-2H3;3-8H,1-2H3;2-6H2,1H3/t4-,5?,6?,7?,8?,9?;5-,6?,7?,8?;5?,6-,7+,8?;2*6-,7?,8?;3-,4?;3-,4?,5?,6?,7?,8?;/m10.0000./s1/i;;;6D;;;;. The predicted octanol–water partition coefficient (Wildman–Crippen LogP) is 30.4. The second-order valence-electron chi connectivity index (χ2n) is 34.0. The number of hydrogen-bond acceptors (Lipinski definition) is 0. The molecular weight excluding hydrogens is 1640 g/mol. The van der Waals surface area contributed by atoms with Crippen molar-refractivity contribution >= 4 is 0 Å². The van der Waals surface area contributed by atoms with Crippen LogP contribution in [0.5, 0.6) is 0 Å². The Hall–Kier alpha value is -2.80. The molecule has 10 rings (SSSR count). The predicted molar refractivity (Wildman–Crippen MR) is 339 cm³/mol. The van der Waals surface area contributed by atoms with Crippen LogP contribution in [-0.2, 0) is 0 Å². The zero-order chi connectivity index (χ0) is 90.5. The fraction of sp³-hybridized carbons (Fsp3) is 1.00. The van der Waals surface area contributed by atoms with Crippen LogP contribution < -0.4 is 0 Å². The highest BCUT2D eigenvalue weighted by Crippen LogP contribution is 2.72.